The largest absolute Gasteiger partial charge is 0.353 e. The lowest BCUT2D eigenvalue weighted by atomic mass is 10.2. The number of carbonyl (C=O) groups is 1. The number of anilines is 2. The molecule has 122 valence electrons. The molecule has 1 amide bonds. The molecule has 0 radical (unpaired) electrons. The van der Waals surface area contributed by atoms with E-state index in [-0.39, 0.29) is 5.91 Å². The van der Waals surface area contributed by atoms with Gasteiger partial charge in [0.05, 0.1) is 24.0 Å². The maximum Gasteiger partial charge on any atom is 0.238 e. The summed E-state index contributed by atoms with van der Waals surface area (Å²) in [6, 6.07) is 9.31. The average Bonchev–Trinajstić information content (AvgIpc) is 2.63. The monoisotopic (exact) mass is 322 g/mol. The Morgan fingerprint density at radius 1 is 1.21 bits per heavy atom. The van der Waals surface area contributed by atoms with Gasteiger partial charge in [0.1, 0.15) is 11.9 Å². The molecule has 7 heteroatoms. The Hall–Kier alpha value is -2.98. The Balaban J connectivity index is 1.52. The van der Waals surface area contributed by atoms with Crippen LogP contribution >= 0.6 is 0 Å². The zero-order valence-corrected chi connectivity index (χ0v) is 13.2. The number of nitrogens with one attached hydrogen (secondary N) is 1. The fourth-order valence-corrected chi connectivity index (χ4v) is 2.69. The van der Waals surface area contributed by atoms with Crippen LogP contribution in [-0.2, 0) is 4.79 Å². The predicted molar refractivity (Wildman–Crippen MR) is 90.5 cm³/mol. The van der Waals surface area contributed by atoms with Gasteiger partial charge in [0.2, 0.25) is 5.91 Å². The van der Waals surface area contributed by atoms with Crippen molar-refractivity contribution in [1.82, 2.24) is 14.9 Å². The van der Waals surface area contributed by atoms with Crippen LogP contribution in [0.1, 0.15) is 5.56 Å². The maximum absolute atomic E-state index is 12.1. The summed E-state index contributed by atoms with van der Waals surface area (Å²) in [5, 5.41) is 12.0. The number of hydrogen-bond acceptors (Lipinski definition) is 6. The highest BCUT2D eigenvalue weighted by molar-refractivity contribution is 5.92. The van der Waals surface area contributed by atoms with Crippen molar-refractivity contribution in [3.8, 4) is 6.07 Å². The number of carbonyl (C=O) groups excluding carboxylic acids is 1. The lowest BCUT2D eigenvalue weighted by Gasteiger charge is -2.35. The summed E-state index contributed by atoms with van der Waals surface area (Å²) < 4.78 is 0. The second-order valence-corrected chi connectivity index (χ2v) is 5.54. The Morgan fingerprint density at radius 2 is 2.00 bits per heavy atom. The van der Waals surface area contributed by atoms with Crippen molar-refractivity contribution >= 4 is 17.4 Å². The van der Waals surface area contributed by atoms with Crippen molar-refractivity contribution in [2.75, 3.05) is 42.9 Å². The number of pyridine rings is 2. The summed E-state index contributed by atoms with van der Waals surface area (Å²) in [4.78, 5) is 24.6. The van der Waals surface area contributed by atoms with Crippen LogP contribution in [0.25, 0.3) is 0 Å². The van der Waals surface area contributed by atoms with Gasteiger partial charge in [-0.05, 0) is 24.3 Å². The molecular weight excluding hydrogens is 304 g/mol. The quantitative estimate of drug-likeness (QED) is 0.907. The topological polar surface area (TPSA) is 85.2 Å². The fourth-order valence-electron chi connectivity index (χ4n) is 2.69. The Kier molecular flexibility index (Phi) is 4.99. The van der Waals surface area contributed by atoms with Gasteiger partial charge in [0.25, 0.3) is 0 Å². The van der Waals surface area contributed by atoms with Gasteiger partial charge >= 0.3 is 0 Å². The number of nitrogens with zero attached hydrogens (tertiary/aromatic N) is 5. The standard InChI is InChI=1S/C17H18N6O/c18-11-14-3-1-6-20-17(14)23-9-7-22(8-10-23)13-16(24)21-15-4-2-5-19-12-15/h1-6,12H,7-10,13H2,(H,21,24). The van der Waals surface area contributed by atoms with Gasteiger partial charge in [-0.15, -0.1) is 0 Å². The van der Waals surface area contributed by atoms with Crippen LogP contribution in [0.3, 0.4) is 0 Å². The zero-order valence-electron chi connectivity index (χ0n) is 13.2. The van der Waals surface area contributed by atoms with Crippen molar-refractivity contribution in [2.24, 2.45) is 0 Å². The number of amides is 1. The van der Waals surface area contributed by atoms with Gasteiger partial charge in [-0.1, -0.05) is 0 Å². The minimum atomic E-state index is -0.0491. The molecule has 1 aliphatic rings. The molecular formula is C17H18N6O. The van der Waals surface area contributed by atoms with Gasteiger partial charge in [-0.3, -0.25) is 14.7 Å². The lowest BCUT2D eigenvalue weighted by Crippen LogP contribution is -2.49. The van der Waals surface area contributed by atoms with Crippen LogP contribution in [-0.4, -0.2) is 53.5 Å². The fraction of sp³-hybridized carbons (Fsp3) is 0.294. The number of piperazine rings is 1. The normalized spacial score (nSPS) is 14.9. The molecule has 0 unspecified atom stereocenters. The molecule has 0 saturated carbocycles. The molecule has 0 bridgehead atoms. The Morgan fingerprint density at radius 3 is 2.71 bits per heavy atom. The molecule has 0 spiro atoms. The molecule has 1 aliphatic heterocycles. The van der Waals surface area contributed by atoms with Crippen LogP contribution in [0.2, 0.25) is 0 Å². The first-order chi connectivity index (χ1) is 11.8. The van der Waals surface area contributed by atoms with Gasteiger partial charge in [0.15, 0.2) is 0 Å². The SMILES string of the molecule is N#Cc1cccnc1N1CCN(CC(=O)Nc2cccnc2)CC1. The van der Waals surface area contributed by atoms with E-state index in [0.29, 0.717) is 17.8 Å². The minimum absolute atomic E-state index is 0.0491. The second kappa shape index (κ2) is 7.53. The van der Waals surface area contributed by atoms with Crippen LogP contribution in [0.15, 0.2) is 42.9 Å². The van der Waals surface area contributed by atoms with Crippen molar-refractivity contribution in [1.29, 1.82) is 5.26 Å². The summed E-state index contributed by atoms with van der Waals surface area (Å²) in [6.07, 6.45) is 4.99. The molecule has 3 heterocycles. The molecule has 7 nitrogen and oxygen atoms in total. The van der Waals surface area contributed by atoms with Gasteiger partial charge in [-0.2, -0.15) is 5.26 Å². The first-order valence-electron chi connectivity index (χ1n) is 7.78. The van der Waals surface area contributed by atoms with E-state index in [1.165, 1.54) is 0 Å². The highest BCUT2D eigenvalue weighted by Gasteiger charge is 2.21. The van der Waals surface area contributed by atoms with Crippen LogP contribution in [0, 0.1) is 11.3 Å². The van der Waals surface area contributed by atoms with E-state index in [1.807, 2.05) is 6.07 Å². The molecule has 24 heavy (non-hydrogen) atoms. The smallest absolute Gasteiger partial charge is 0.238 e. The molecule has 0 aliphatic carbocycles. The summed E-state index contributed by atoms with van der Waals surface area (Å²) in [6.45, 7) is 3.33. The molecule has 1 N–H and O–H groups in total. The van der Waals surface area contributed by atoms with E-state index < -0.39 is 0 Å². The minimum Gasteiger partial charge on any atom is -0.353 e. The summed E-state index contributed by atoms with van der Waals surface area (Å²) >= 11 is 0. The van der Waals surface area contributed by atoms with E-state index in [9.17, 15) is 10.1 Å². The molecule has 3 rings (SSSR count). The van der Waals surface area contributed by atoms with Gasteiger partial charge in [-0.25, -0.2) is 4.98 Å². The maximum atomic E-state index is 12.1. The third-order valence-electron chi connectivity index (χ3n) is 3.89. The number of aromatic nitrogens is 2. The summed E-state index contributed by atoms with van der Waals surface area (Å²) in [7, 11) is 0. The predicted octanol–water partition coefficient (Wildman–Crippen LogP) is 1.11. The van der Waals surface area contributed by atoms with E-state index >= 15 is 0 Å². The molecule has 0 atom stereocenters. The van der Waals surface area contributed by atoms with Gasteiger partial charge in [0, 0.05) is 38.6 Å². The molecule has 1 fully saturated rings. The highest BCUT2D eigenvalue weighted by atomic mass is 16.2. The molecule has 2 aromatic rings. The third-order valence-corrected chi connectivity index (χ3v) is 3.89. The van der Waals surface area contributed by atoms with Crippen molar-refractivity contribution in [3.05, 3.63) is 48.4 Å². The van der Waals surface area contributed by atoms with E-state index in [1.54, 1.807) is 36.8 Å². The lowest BCUT2D eigenvalue weighted by molar-refractivity contribution is -0.117. The number of nitriles is 1. The average molecular weight is 322 g/mol. The first kappa shape index (κ1) is 15.9. The van der Waals surface area contributed by atoms with Crippen molar-refractivity contribution < 1.29 is 4.79 Å². The summed E-state index contributed by atoms with van der Waals surface area (Å²) in [5.74, 6) is 0.673. The third kappa shape index (κ3) is 3.86. The molecule has 2 aromatic heterocycles. The number of rotatable bonds is 4. The highest BCUT2D eigenvalue weighted by Crippen LogP contribution is 2.17. The summed E-state index contributed by atoms with van der Waals surface area (Å²) in [5.41, 5.74) is 1.29. The van der Waals surface area contributed by atoms with E-state index in [4.69, 9.17) is 0 Å². The van der Waals surface area contributed by atoms with E-state index in [0.717, 1.165) is 32.0 Å². The van der Waals surface area contributed by atoms with Crippen molar-refractivity contribution in [3.63, 3.8) is 0 Å². The Bertz CT molecular complexity index is 734. The van der Waals surface area contributed by atoms with Crippen LogP contribution in [0.4, 0.5) is 11.5 Å². The van der Waals surface area contributed by atoms with Gasteiger partial charge < -0.3 is 10.2 Å². The van der Waals surface area contributed by atoms with Crippen LogP contribution < -0.4 is 10.2 Å². The Labute approximate surface area is 140 Å². The van der Waals surface area contributed by atoms with E-state index in [2.05, 4.69) is 31.2 Å². The molecule has 0 aromatic carbocycles. The number of hydrogen-bond donors (Lipinski definition) is 1. The second-order valence-electron chi connectivity index (χ2n) is 5.54. The molecule has 1 saturated heterocycles. The zero-order chi connectivity index (χ0) is 16.8. The van der Waals surface area contributed by atoms with Crippen molar-refractivity contribution in [2.45, 2.75) is 0 Å². The first-order valence-corrected chi connectivity index (χ1v) is 7.78. The van der Waals surface area contributed by atoms with Crippen LogP contribution in [0.5, 0.6) is 0 Å².